The van der Waals surface area contributed by atoms with Gasteiger partial charge in [0.1, 0.15) is 0 Å². The zero-order valence-electron chi connectivity index (χ0n) is 11.4. The Morgan fingerprint density at radius 3 is 2.43 bits per heavy atom. The highest BCUT2D eigenvalue weighted by atomic mass is 16.6. The average molecular weight is 292 g/mol. The monoisotopic (exact) mass is 292 g/mol. The van der Waals surface area contributed by atoms with Crippen molar-refractivity contribution in [1.29, 1.82) is 0 Å². The van der Waals surface area contributed by atoms with Crippen LogP contribution in [0.4, 0.5) is 5.69 Å². The second kappa shape index (κ2) is 6.34. The van der Waals surface area contributed by atoms with E-state index < -0.39 is 16.8 Å². The molecular formula is C14H16N2O5. The minimum Gasteiger partial charge on any atom is -0.478 e. The summed E-state index contributed by atoms with van der Waals surface area (Å²) in [6.07, 6.45) is 4.87. The Hall–Kier alpha value is -2.44. The van der Waals surface area contributed by atoms with Gasteiger partial charge in [0, 0.05) is 18.2 Å². The van der Waals surface area contributed by atoms with Gasteiger partial charge < -0.3 is 10.4 Å². The Morgan fingerprint density at radius 1 is 1.19 bits per heavy atom. The average Bonchev–Trinajstić information content (AvgIpc) is 2.47. The van der Waals surface area contributed by atoms with Crippen LogP contribution >= 0.6 is 0 Å². The molecule has 2 N–H and O–H groups in total. The van der Waals surface area contributed by atoms with E-state index in [0.29, 0.717) is 0 Å². The molecule has 1 amide bonds. The van der Waals surface area contributed by atoms with Gasteiger partial charge in [0.05, 0.1) is 16.1 Å². The highest BCUT2D eigenvalue weighted by Gasteiger charge is 2.23. The summed E-state index contributed by atoms with van der Waals surface area (Å²) >= 11 is 0. The van der Waals surface area contributed by atoms with Gasteiger partial charge in [-0.25, -0.2) is 4.79 Å². The van der Waals surface area contributed by atoms with E-state index >= 15 is 0 Å². The van der Waals surface area contributed by atoms with Crippen LogP contribution in [0.2, 0.25) is 0 Å². The third kappa shape index (κ3) is 3.56. The lowest BCUT2D eigenvalue weighted by Crippen LogP contribution is -2.36. The van der Waals surface area contributed by atoms with Crippen molar-refractivity contribution >= 4 is 17.6 Å². The number of non-ortho nitro benzene ring substituents is 1. The molecule has 0 saturated heterocycles. The molecule has 0 bridgehead atoms. The first kappa shape index (κ1) is 15.0. The van der Waals surface area contributed by atoms with Crippen molar-refractivity contribution in [2.75, 3.05) is 0 Å². The van der Waals surface area contributed by atoms with E-state index in [0.717, 1.165) is 50.3 Å². The highest BCUT2D eigenvalue weighted by Crippen LogP contribution is 2.21. The molecule has 7 heteroatoms. The summed E-state index contributed by atoms with van der Waals surface area (Å²) in [5.41, 5.74) is -0.690. The number of nitrogens with zero attached hydrogens (tertiary/aromatic N) is 1. The third-order valence-corrected chi connectivity index (χ3v) is 3.63. The lowest BCUT2D eigenvalue weighted by Gasteiger charge is -2.23. The van der Waals surface area contributed by atoms with Crippen LogP contribution in [0.15, 0.2) is 18.2 Å². The van der Waals surface area contributed by atoms with Gasteiger partial charge in [-0.2, -0.15) is 0 Å². The number of nitrogens with one attached hydrogen (secondary N) is 1. The Labute approximate surface area is 121 Å². The van der Waals surface area contributed by atoms with Crippen molar-refractivity contribution in [2.45, 2.75) is 38.1 Å². The second-order valence-corrected chi connectivity index (χ2v) is 5.10. The fourth-order valence-electron chi connectivity index (χ4n) is 2.53. The summed E-state index contributed by atoms with van der Waals surface area (Å²) in [4.78, 5) is 33.5. The Morgan fingerprint density at radius 2 is 1.86 bits per heavy atom. The molecule has 112 valence electrons. The first-order valence-electron chi connectivity index (χ1n) is 6.81. The van der Waals surface area contributed by atoms with Crippen molar-refractivity contribution in [3.63, 3.8) is 0 Å². The summed E-state index contributed by atoms with van der Waals surface area (Å²) in [6, 6.07) is 3.20. The minimum absolute atomic E-state index is 0.00663. The zero-order chi connectivity index (χ0) is 15.4. The number of carbonyl (C=O) groups excluding carboxylic acids is 1. The molecule has 21 heavy (non-hydrogen) atoms. The number of benzene rings is 1. The van der Waals surface area contributed by atoms with E-state index in [1.807, 2.05) is 0 Å². The summed E-state index contributed by atoms with van der Waals surface area (Å²) in [5, 5.41) is 22.6. The summed E-state index contributed by atoms with van der Waals surface area (Å²) in [6.45, 7) is 0. The van der Waals surface area contributed by atoms with E-state index in [4.69, 9.17) is 5.11 Å². The maximum atomic E-state index is 12.2. The number of amides is 1. The molecule has 0 heterocycles. The van der Waals surface area contributed by atoms with Crippen LogP contribution in [-0.2, 0) is 0 Å². The molecule has 0 spiro atoms. The molecular weight excluding hydrogens is 276 g/mol. The van der Waals surface area contributed by atoms with Crippen LogP contribution in [0, 0.1) is 10.1 Å². The van der Waals surface area contributed by atoms with Gasteiger partial charge in [-0.3, -0.25) is 14.9 Å². The molecule has 1 aliphatic rings. The Kier molecular flexibility index (Phi) is 4.52. The number of nitro benzene ring substituents is 1. The number of rotatable bonds is 4. The third-order valence-electron chi connectivity index (χ3n) is 3.63. The van der Waals surface area contributed by atoms with Gasteiger partial charge in [0.15, 0.2) is 0 Å². The molecule has 0 atom stereocenters. The lowest BCUT2D eigenvalue weighted by molar-refractivity contribution is -0.384. The normalized spacial score (nSPS) is 15.4. The van der Waals surface area contributed by atoms with Crippen molar-refractivity contribution in [3.8, 4) is 0 Å². The zero-order valence-corrected chi connectivity index (χ0v) is 11.4. The van der Waals surface area contributed by atoms with Crippen LogP contribution in [0.3, 0.4) is 0 Å². The Bertz CT molecular complexity index is 579. The van der Waals surface area contributed by atoms with E-state index in [1.54, 1.807) is 0 Å². The van der Waals surface area contributed by atoms with E-state index in [2.05, 4.69) is 5.32 Å². The van der Waals surface area contributed by atoms with E-state index in [-0.39, 0.29) is 22.9 Å². The maximum absolute atomic E-state index is 12.2. The van der Waals surface area contributed by atoms with E-state index in [1.165, 1.54) is 0 Å². The largest absolute Gasteiger partial charge is 0.478 e. The standard InChI is InChI=1S/C14H16N2O5/c17-13(15-9-4-2-1-3-5-9)12-8-10(16(20)21)6-7-11(12)14(18)19/h6-9H,1-5H2,(H,15,17)(H,18,19). The van der Waals surface area contributed by atoms with Crippen molar-refractivity contribution in [1.82, 2.24) is 5.32 Å². The Balaban J connectivity index is 2.26. The fourth-order valence-corrected chi connectivity index (χ4v) is 2.53. The summed E-state index contributed by atoms with van der Waals surface area (Å²) < 4.78 is 0. The molecule has 0 aliphatic heterocycles. The van der Waals surface area contributed by atoms with Crippen molar-refractivity contribution < 1.29 is 19.6 Å². The number of hydrogen-bond acceptors (Lipinski definition) is 4. The van der Waals surface area contributed by atoms with Crippen LogP contribution in [0.5, 0.6) is 0 Å². The first-order valence-corrected chi connectivity index (χ1v) is 6.81. The number of nitro groups is 1. The van der Waals surface area contributed by atoms with Gasteiger partial charge in [0.25, 0.3) is 11.6 Å². The van der Waals surface area contributed by atoms with Crippen LogP contribution in [0.1, 0.15) is 52.8 Å². The number of hydrogen-bond donors (Lipinski definition) is 2. The van der Waals surface area contributed by atoms with Crippen LogP contribution < -0.4 is 5.32 Å². The van der Waals surface area contributed by atoms with Gasteiger partial charge in [0.2, 0.25) is 0 Å². The number of carboxylic acids is 1. The molecule has 1 aromatic carbocycles. The highest BCUT2D eigenvalue weighted by molar-refractivity contribution is 6.05. The predicted octanol–water partition coefficient (Wildman–Crippen LogP) is 2.36. The maximum Gasteiger partial charge on any atom is 0.336 e. The minimum atomic E-state index is -1.28. The SMILES string of the molecule is O=C(O)c1ccc([N+](=O)[O-])cc1C(=O)NC1CCCCC1. The van der Waals surface area contributed by atoms with Crippen LogP contribution in [0.25, 0.3) is 0 Å². The summed E-state index contributed by atoms with van der Waals surface area (Å²) in [5.74, 6) is -1.85. The number of aromatic carboxylic acids is 1. The molecule has 1 fully saturated rings. The molecule has 1 aromatic rings. The van der Waals surface area contributed by atoms with Crippen LogP contribution in [-0.4, -0.2) is 27.9 Å². The second-order valence-electron chi connectivity index (χ2n) is 5.10. The van der Waals surface area contributed by atoms with Gasteiger partial charge in [-0.05, 0) is 18.9 Å². The van der Waals surface area contributed by atoms with E-state index in [9.17, 15) is 19.7 Å². The molecule has 7 nitrogen and oxygen atoms in total. The first-order chi connectivity index (χ1) is 9.99. The molecule has 1 saturated carbocycles. The lowest BCUT2D eigenvalue weighted by atomic mass is 9.95. The van der Waals surface area contributed by atoms with Gasteiger partial charge in [-0.15, -0.1) is 0 Å². The molecule has 2 rings (SSSR count). The van der Waals surface area contributed by atoms with Gasteiger partial charge >= 0.3 is 5.97 Å². The molecule has 0 unspecified atom stereocenters. The van der Waals surface area contributed by atoms with Crippen molar-refractivity contribution in [3.05, 3.63) is 39.4 Å². The predicted molar refractivity (Wildman–Crippen MR) is 74.4 cm³/mol. The van der Waals surface area contributed by atoms with Crippen molar-refractivity contribution in [2.24, 2.45) is 0 Å². The molecule has 1 aliphatic carbocycles. The quantitative estimate of drug-likeness (QED) is 0.654. The van der Waals surface area contributed by atoms with Gasteiger partial charge in [-0.1, -0.05) is 19.3 Å². The summed E-state index contributed by atoms with van der Waals surface area (Å²) in [7, 11) is 0. The fraction of sp³-hybridized carbons (Fsp3) is 0.429. The topological polar surface area (TPSA) is 110 Å². The molecule has 0 radical (unpaired) electrons. The number of carboxylic acid groups (broad SMARTS) is 1. The number of carbonyl (C=O) groups is 2. The smallest absolute Gasteiger partial charge is 0.336 e. The molecule has 0 aromatic heterocycles.